The third-order valence-electron chi connectivity index (χ3n) is 2.24. The molecule has 0 aliphatic heterocycles. The highest BCUT2D eigenvalue weighted by atomic mass is 19.2. The van der Waals surface area contributed by atoms with Gasteiger partial charge in [-0.1, -0.05) is 6.07 Å². The van der Waals surface area contributed by atoms with Gasteiger partial charge < -0.3 is 10.5 Å². The van der Waals surface area contributed by atoms with Gasteiger partial charge in [-0.05, 0) is 37.4 Å². The number of halogens is 2. The van der Waals surface area contributed by atoms with Crippen LogP contribution in [0.1, 0.15) is 18.4 Å². The molecule has 0 bridgehead atoms. The molecule has 0 atom stereocenters. The lowest BCUT2D eigenvalue weighted by atomic mass is 10.1. The van der Waals surface area contributed by atoms with Crippen LogP contribution in [0.5, 0.6) is 5.75 Å². The van der Waals surface area contributed by atoms with Gasteiger partial charge in [0.1, 0.15) is 0 Å². The van der Waals surface area contributed by atoms with Gasteiger partial charge in [0.15, 0.2) is 11.6 Å². The number of ether oxygens (including phenoxy) is 1. The molecule has 0 saturated heterocycles. The molecule has 2 N–H and O–H groups in total. The third kappa shape index (κ3) is 2.89. The predicted molar refractivity (Wildman–Crippen MR) is 54.9 cm³/mol. The Balaban J connectivity index is 2.83. The third-order valence-corrected chi connectivity index (χ3v) is 2.24. The quantitative estimate of drug-likeness (QED) is 0.764. The smallest absolute Gasteiger partial charge is 0.200 e. The minimum atomic E-state index is -0.914. The Morgan fingerprint density at radius 2 is 2.00 bits per heavy atom. The van der Waals surface area contributed by atoms with Crippen LogP contribution in [0.2, 0.25) is 0 Å². The van der Waals surface area contributed by atoms with Crippen LogP contribution in [-0.2, 0) is 6.42 Å². The molecule has 84 valence electrons. The van der Waals surface area contributed by atoms with E-state index in [0.717, 1.165) is 18.9 Å². The number of nitrogens with two attached hydrogens (primary N) is 1. The standard InChI is InChI=1S/C11H15F2NO/c1-15-11-8(4-2-3-7-14)5-6-9(12)10(11)13/h5-6H,2-4,7,14H2,1H3. The fourth-order valence-electron chi connectivity index (χ4n) is 1.45. The zero-order chi connectivity index (χ0) is 11.3. The molecule has 15 heavy (non-hydrogen) atoms. The molecule has 0 aromatic heterocycles. The van der Waals surface area contributed by atoms with Crippen LogP contribution in [0.15, 0.2) is 12.1 Å². The summed E-state index contributed by atoms with van der Waals surface area (Å²) in [4.78, 5) is 0. The monoisotopic (exact) mass is 215 g/mol. The van der Waals surface area contributed by atoms with Crippen molar-refractivity contribution in [1.82, 2.24) is 0 Å². The van der Waals surface area contributed by atoms with Crippen LogP contribution < -0.4 is 10.5 Å². The number of aryl methyl sites for hydroxylation is 1. The molecule has 1 aromatic rings. The molecule has 0 saturated carbocycles. The molecule has 0 aliphatic carbocycles. The number of unbranched alkanes of at least 4 members (excludes halogenated alkanes) is 1. The molecule has 1 rings (SSSR count). The van der Waals surface area contributed by atoms with Crippen molar-refractivity contribution in [3.63, 3.8) is 0 Å². The summed E-state index contributed by atoms with van der Waals surface area (Å²) in [5.41, 5.74) is 6.04. The van der Waals surface area contributed by atoms with Gasteiger partial charge >= 0.3 is 0 Å². The highest BCUT2D eigenvalue weighted by molar-refractivity contribution is 5.35. The molecule has 0 aliphatic rings. The first-order valence-electron chi connectivity index (χ1n) is 4.91. The van der Waals surface area contributed by atoms with Crippen molar-refractivity contribution in [3.05, 3.63) is 29.3 Å². The fourth-order valence-corrected chi connectivity index (χ4v) is 1.45. The number of rotatable bonds is 5. The van der Waals surface area contributed by atoms with Crippen molar-refractivity contribution < 1.29 is 13.5 Å². The Bertz CT molecular complexity index is 329. The Hall–Kier alpha value is -1.16. The Kier molecular flexibility index (Phi) is 4.49. The summed E-state index contributed by atoms with van der Waals surface area (Å²) in [5, 5.41) is 0. The molecule has 0 fully saturated rings. The molecular weight excluding hydrogens is 200 g/mol. The fraction of sp³-hybridized carbons (Fsp3) is 0.455. The first-order chi connectivity index (χ1) is 7.20. The van der Waals surface area contributed by atoms with E-state index in [-0.39, 0.29) is 5.75 Å². The van der Waals surface area contributed by atoms with E-state index in [9.17, 15) is 8.78 Å². The maximum Gasteiger partial charge on any atom is 0.200 e. The van der Waals surface area contributed by atoms with Gasteiger partial charge in [0.05, 0.1) is 7.11 Å². The van der Waals surface area contributed by atoms with Crippen LogP contribution in [-0.4, -0.2) is 13.7 Å². The summed E-state index contributed by atoms with van der Waals surface area (Å²) in [6, 6.07) is 2.67. The maximum atomic E-state index is 13.2. The van der Waals surface area contributed by atoms with Gasteiger partial charge in [-0.25, -0.2) is 4.39 Å². The van der Waals surface area contributed by atoms with E-state index in [1.165, 1.54) is 7.11 Å². The summed E-state index contributed by atoms with van der Waals surface area (Å²) in [5.74, 6) is -1.79. The Morgan fingerprint density at radius 3 is 2.60 bits per heavy atom. The number of methoxy groups -OCH3 is 1. The second kappa shape index (κ2) is 5.66. The van der Waals surface area contributed by atoms with Crippen LogP contribution in [0.25, 0.3) is 0 Å². The Labute approximate surface area is 88.0 Å². The average molecular weight is 215 g/mol. The van der Waals surface area contributed by atoms with Gasteiger partial charge in [0, 0.05) is 0 Å². The normalized spacial score (nSPS) is 10.4. The second-order valence-corrected chi connectivity index (χ2v) is 3.30. The van der Waals surface area contributed by atoms with E-state index in [2.05, 4.69) is 0 Å². The van der Waals surface area contributed by atoms with E-state index in [1.807, 2.05) is 0 Å². The van der Waals surface area contributed by atoms with Crippen molar-refractivity contribution in [2.24, 2.45) is 5.73 Å². The molecule has 2 nitrogen and oxygen atoms in total. The van der Waals surface area contributed by atoms with Crippen molar-refractivity contribution >= 4 is 0 Å². The van der Waals surface area contributed by atoms with E-state index in [4.69, 9.17) is 10.5 Å². The van der Waals surface area contributed by atoms with Crippen LogP contribution in [0.4, 0.5) is 8.78 Å². The summed E-state index contributed by atoms with van der Waals surface area (Å²) >= 11 is 0. The maximum absolute atomic E-state index is 13.2. The lowest BCUT2D eigenvalue weighted by Crippen LogP contribution is -2.01. The van der Waals surface area contributed by atoms with Crippen molar-refractivity contribution in [3.8, 4) is 5.75 Å². The summed E-state index contributed by atoms with van der Waals surface area (Å²) < 4.78 is 30.9. The Morgan fingerprint density at radius 1 is 1.27 bits per heavy atom. The molecule has 0 spiro atoms. The van der Waals surface area contributed by atoms with Gasteiger partial charge in [-0.15, -0.1) is 0 Å². The van der Waals surface area contributed by atoms with E-state index in [1.54, 1.807) is 6.07 Å². The van der Waals surface area contributed by atoms with Crippen molar-refractivity contribution in [1.29, 1.82) is 0 Å². The SMILES string of the molecule is COc1c(CCCCN)ccc(F)c1F. The molecule has 0 radical (unpaired) electrons. The van der Waals surface area contributed by atoms with Gasteiger partial charge in [0.2, 0.25) is 5.82 Å². The lowest BCUT2D eigenvalue weighted by molar-refractivity contribution is 0.366. The van der Waals surface area contributed by atoms with Crippen molar-refractivity contribution in [2.45, 2.75) is 19.3 Å². The van der Waals surface area contributed by atoms with Gasteiger partial charge in [0.25, 0.3) is 0 Å². The number of benzene rings is 1. The van der Waals surface area contributed by atoms with E-state index >= 15 is 0 Å². The van der Waals surface area contributed by atoms with Crippen LogP contribution in [0, 0.1) is 11.6 Å². The van der Waals surface area contributed by atoms with Gasteiger partial charge in [-0.2, -0.15) is 4.39 Å². The topological polar surface area (TPSA) is 35.2 Å². The highest BCUT2D eigenvalue weighted by Gasteiger charge is 2.13. The van der Waals surface area contributed by atoms with Crippen LogP contribution in [0.3, 0.4) is 0 Å². The first-order valence-corrected chi connectivity index (χ1v) is 4.91. The van der Waals surface area contributed by atoms with Crippen molar-refractivity contribution in [2.75, 3.05) is 13.7 Å². The number of hydrogen-bond acceptors (Lipinski definition) is 2. The summed E-state index contributed by atoms with van der Waals surface area (Å²) in [6.45, 7) is 0.603. The largest absolute Gasteiger partial charge is 0.493 e. The summed E-state index contributed by atoms with van der Waals surface area (Å²) in [6.07, 6.45) is 2.36. The first kappa shape index (κ1) is 11.9. The van der Waals surface area contributed by atoms with E-state index in [0.29, 0.717) is 18.5 Å². The number of hydrogen-bond donors (Lipinski definition) is 1. The van der Waals surface area contributed by atoms with E-state index < -0.39 is 11.6 Å². The molecule has 1 aromatic carbocycles. The average Bonchev–Trinajstić information content (AvgIpc) is 2.24. The second-order valence-electron chi connectivity index (χ2n) is 3.30. The molecule has 4 heteroatoms. The molecule has 0 amide bonds. The molecule has 0 unspecified atom stereocenters. The highest BCUT2D eigenvalue weighted by Crippen LogP contribution is 2.25. The predicted octanol–water partition coefficient (Wildman–Crippen LogP) is 2.25. The zero-order valence-electron chi connectivity index (χ0n) is 8.72. The minimum absolute atomic E-state index is 0.00650. The molecule has 0 heterocycles. The lowest BCUT2D eigenvalue weighted by Gasteiger charge is -2.09. The van der Waals surface area contributed by atoms with Crippen LogP contribution >= 0.6 is 0 Å². The summed E-state index contributed by atoms with van der Waals surface area (Å²) in [7, 11) is 1.34. The van der Waals surface area contributed by atoms with Gasteiger partial charge in [-0.3, -0.25) is 0 Å². The molecular formula is C11H15F2NO. The zero-order valence-corrected chi connectivity index (χ0v) is 8.72. The minimum Gasteiger partial charge on any atom is -0.493 e.